The van der Waals surface area contributed by atoms with Gasteiger partial charge in [0.2, 0.25) is 0 Å². The molecule has 0 spiro atoms. The van der Waals surface area contributed by atoms with Gasteiger partial charge in [-0.1, -0.05) is 17.7 Å². The van der Waals surface area contributed by atoms with E-state index in [1.54, 1.807) is 13.0 Å². The number of carbonyl (C=O) groups is 1. The zero-order valence-electron chi connectivity index (χ0n) is 10.8. The van der Waals surface area contributed by atoms with Crippen LogP contribution in [0.25, 0.3) is 0 Å². The number of carbonyl (C=O) groups excluding carboxylic acids is 1. The van der Waals surface area contributed by atoms with Gasteiger partial charge in [-0.15, -0.1) is 0 Å². The van der Waals surface area contributed by atoms with Crippen LogP contribution >= 0.6 is 11.6 Å². The van der Waals surface area contributed by atoms with Gasteiger partial charge in [-0.05, 0) is 24.6 Å². The van der Waals surface area contributed by atoms with Crippen LogP contribution in [0, 0.1) is 22.9 Å². The van der Waals surface area contributed by atoms with Gasteiger partial charge in [0.1, 0.15) is 17.2 Å². The van der Waals surface area contributed by atoms with Gasteiger partial charge in [-0.25, -0.2) is 9.37 Å². The van der Waals surface area contributed by atoms with Crippen LogP contribution in [-0.4, -0.2) is 15.8 Å². The fraction of sp³-hybridized carbons (Fsp3) is 0.0769. The molecule has 108 valence electrons. The second-order valence-corrected chi connectivity index (χ2v) is 4.58. The van der Waals surface area contributed by atoms with Gasteiger partial charge in [0.05, 0.1) is 16.2 Å². The van der Waals surface area contributed by atoms with Gasteiger partial charge in [-0.2, -0.15) is 0 Å². The fourth-order valence-electron chi connectivity index (χ4n) is 1.62. The number of nitrogens with one attached hydrogen (secondary N) is 1. The molecule has 0 fully saturated rings. The first-order chi connectivity index (χ1) is 9.88. The van der Waals surface area contributed by atoms with Gasteiger partial charge in [0.25, 0.3) is 11.6 Å². The number of nitrogens with zero attached hydrogens (tertiary/aromatic N) is 2. The normalized spacial score (nSPS) is 10.2. The van der Waals surface area contributed by atoms with Crippen LogP contribution < -0.4 is 5.32 Å². The first-order valence-corrected chi connectivity index (χ1v) is 6.13. The average Bonchev–Trinajstić information content (AvgIpc) is 2.43. The lowest BCUT2D eigenvalue weighted by Crippen LogP contribution is -2.14. The molecule has 0 aliphatic heterocycles. The first-order valence-electron chi connectivity index (χ1n) is 5.76. The second-order valence-electron chi connectivity index (χ2n) is 4.23. The molecule has 8 heteroatoms. The number of aromatic nitrogens is 1. The van der Waals surface area contributed by atoms with E-state index in [4.69, 9.17) is 11.6 Å². The van der Waals surface area contributed by atoms with Gasteiger partial charge >= 0.3 is 0 Å². The Hall–Kier alpha value is -2.54. The predicted molar refractivity (Wildman–Crippen MR) is 75.0 cm³/mol. The Bertz CT molecular complexity index is 737. The lowest BCUT2D eigenvalue weighted by Gasteiger charge is -2.08. The Kier molecular flexibility index (Phi) is 4.13. The monoisotopic (exact) mass is 309 g/mol. The molecule has 1 N–H and O–H groups in total. The minimum Gasteiger partial charge on any atom is -0.319 e. The summed E-state index contributed by atoms with van der Waals surface area (Å²) < 4.78 is 13.6. The molecule has 0 bridgehead atoms. The minimum atomic E-state index is -0.777. The van der Waals surface area contributed by atoms with E-state index >= 15 is 0 Å². The molecule has 0 saturated heterocycles. The van der Waals surface area contributed by atoms with Crippen LogP contribution in [0.3, 0.4) is 0 Å². The van der Waals surface area contributed by atoms with Crippen LogP contribution in [0.1, 0.15) is 15.9 Å². The molecule has 6 nitrogen and oxygen atoms in total. The van der Waals surface area contributed by atoms with Crippen LogP contribution in [0.4, 0.5) is 15.8 Å². The topological polar surface area (TPSA) is 85.1 Å². The van der Waals surface area contributed by atoms with Gasteiger partial charge < -0.3 is 5.32 Å². The van der Waals surface area contributed by atoms with Crippen molar-refractivity contribution in [3.05, 3.63) is 62.7 Å². The van der Waals surface area contributed by atoms with E-state index in [1.165, 1.54) is 12.1 Å². The number of nitro groups is 1. The quantitative estimate of drug-likeness (QED) is 0.535. The average molecular weight is 310 g/mol. The lowest BCUT2D eigenvalue weighted by atomic mass is 10.2. The zero-order valence-corrected chi connectivity index (χ0v) is 11.5. The van der Waals surface area contributed by atoms with Gasteiger partial charge in [-0.3, -0.25) is 14.9 Å². The molecule has 0 aliphatic carbocycles. The van der Waals surface area contributed by atoms with Crippen molar-refractivity contribution in [1.29, 1.82) is 0 Å². The number of hydrogen-bond acceptors (Lipinski definition) is 4. The van der Waals surface area contributed by atoms with Crippen molar-refractivity contribution in [2.24, 2.45) is 0 Å². The Labute approximate surface area is 123 Å². The van der Waals surface area contributed by atoms with E-state index in [2.05, 4.69) is 10.3 Å². The maximum absolute atomic E-state index is 13.6. The van der Waals surface area contributed by atoms with Crippen LogP contribution in [-0.2, 0) is 0 Å². The molecule has 1 amide bonds. The number of benzene rings is 1. The molecule has 2 aromatic rings. The van der Waals surface area contributed by atoms with E-state index in [-0.39, 0.29) is 22.1 Å². The Morgan fingerprint density at radius 3 is 2.81 bits per heavy atom. The third-order valence-electron chi connectivity index (χ3n) is 2.65. The Balaban J connectivity index is 2.34. The van der Waals surface area contributed by atoms with Crippen molar-refractivity contribution in [2.45, 2.75) is 6.92 Å². The summed E-state index contributed by atoms with van der Waals surface area (Å²) in [4.78, 5) is 25.6. The number of pyridine rings is 1. The van der Waals surface area contributed by atoms with Crippen LogP contribution in [0.5, 0.6) is 0 Å². The summed E-state index contributed by atoms with van der Waals surface area (Å²) in [6, 6.07) is 5.18. The van der Waals surface area contributed by atoms with Gasteiger partial charge in [0, 0.05) is 6.07 Å². The summed E-state index contributed by atoms with van der Waals surface area (Å²) >= 11 is 5.74. The van der Waals surface area contributed by atoms with E-state index < -0.39 is 16.6 Å². The molecule has 1 heterocycles. The van der Waals surface area contributed by atoms with E-state index in [9.17, 15) is 19.3 Å². The number of hydrogen-bond donors (Lipinski definition) is 1. The number of aryl methyl sites for hydroxylation is 1. The van der Waals surface area contributed by atoms with Crippen molar-refractivity contribution in [3.8, 4) is 0 Å². The summed E-state index contributed by atoms with van der Waals surface area (Å²) in [5.74, 6) is -1.40. The number of anilines is 1. The van der Waals surface area contributed by atoms with E-state index in [1.807, 2.05) is 0 Å². The molecule has 0 unspecified atom stereocenters. The highest BCUT2D eigenvalue weighted by Crippen LogP contribution is 2.22. The van der Waals surface area contributed by atoms with Crippen LogP contribution in [0.2, 0.25) is 5.15 Å². The Morgan fingerprint density at radius 2 is 2.14 bits per heavy atom. The van der Waals surface area contributed by atoms with Crippen molar-refractivity contribution >= 4 is 28.9 Å². The predicted octanol–water partition coefficient (Wildman–Crippen LogP) is 3.34. The molecular formula is C13H9ClFN3O3. The molecule has 0 atom stereocenters. The molecule has 2 rings (SSSR count). The summed E-state index contributed by atoms with van der Waals surface area (Å²) in [7, 11) is 0. The molecular weight excluding hydrogens is 301 g/mol. The van der Waals surface area contributed by atoms with Crippen LogP contribution in [0.15, 0.2) is 30.5 Å². The minimum absolute atomic E-state index is 0.0393. The van der Waals surface area contributed by atoms with E-state index in [0.29, 0.717) is 0 Å². The molecule has 1 aromatic carbocycles. The molecule has 1 aromatic heterocycles. The lowest BCUT2D eigenvalue weighted by molar-refractivity contribution is -0.385. The summed E-state index contributed by atoms with van der Waals surface area (Å²) in [5, 5.41) is 12.8. The van der Waals surface area contributed by atoms with Crippen molar-refractivity contribution in [1.82, 2.24) is 4.98 Å². The maximum Gasteiger partial charge on any atom is 0.288 e. The van der Waals surface area contributed by atoms with Crippen molar-refractivity contribution in [3.63, 3.8) is 0 Å². The largest absolute Gasteiger partial charge is 0.319 e. The summed E-state index contributed by atoms with van der Waals surface area (Å²) in [5.41, 5.74) is 0.124. The third-order valence-corrected chi connectivity index (χ3v) is 2.95. The maximum atomic E-state index is 13.6. The highest BCUT2D eigenvalue weighted by atomic mass is 35.5. The smallest absolute Gasteiger partial charge is 0.288 e. The highest BCUT2D eigenvalue weighted by molar-refractivity contribution is 6.33. The summed E-state index contributed by atoms with van der Waals surface area (Å²) in [6.07, 6.45) is 0.937. The fourth-order valence-corrected chi connectivity index (χ4v) is 1.81. The number of halogens is 2. The van der Waals surface area contributed by atoms with E-state index in [0.717, 1.165) is 17.8 Å². The Morgan fingerprint density at radius 1 is 1.43 bits per heavy atom. The molecule has 0 radical (unpaired) electrons. The standard InChI is InChI=1S/C13H9ClFN3O3/c1-7-2-3-10(15)11(4-7)17-13(19)9-5-8(18(20)21)6-16-12(9)14/h2-6H,1H3,(H,17,19). The number of rotatable bonds is 3. The SMILES string of the molecule is Cc1ccc(F)c(NC(=O)c2cc([N+](=O)[O-])cnc2Cl)c1. The molecule has 21 heavy (non-hydrogen) atoms. The number of amides is 1. The second kappa shape index (κ2) is 5.84. The summed E-state index contributed by atoms with van der Waals surface area (Å²) in [6.45, 7) is 1.73. The van der Waals surface area contributed by atoms with Crippen molar-refractivity contribution < 1.29 is 14.1 Å². The highest BCUT2D eigenvalue weighted by Gasteiger charge is 2.18. The van der Waals surface area contributed by atoms with Crippen molar-refractivity contribution in [2.75, 3.05) is 5.32 Å². The molecule has 0 aliphatic rings. The first kappa shape index (κ1) is 14.9. The third kappa shape index (κ3) is 3.32. The molecule has 0 saturated carbocycles. The zero-order chi connectivity index (χ0) is 15.6. The van der Waals surface area contributed by atoms with Gasteiger partial charge in [0.15, 0.2) is 0 Å².